The SMILES string of the molecule is CCOC(=O)c1cc(O)cc(-c2cc(-c3nn[nH]n3)sc2-c2cc(O)cc(C(=O)OCC)c2)c1. The predicted octanol–water partition coefficient (Wildman–Crippen LogP) is 4.03. The molecule has 174 valence electrons. The van der Waals surface area contributed by atoms with Crippen molar-refractivity contribution in [3.63, 3.8) is 0 Å². The van der Waals surface area contributed by atoms with Gasteiger partial charge in [-0.2, -0.15) is 5.21 Å². The van der Waals surface area contributed by atoms with E-state index in [-0.39, 0.29) is 35.8 Å². The van der Waals surface area contributed by atoms with Gasteiger partial charge in [-0.3, -0.25) is 0 Å². The van der Waals surface area contributed by atoms with Crippen LogP contribution in [0.15, 0.2) is 42.5 Å². The molecule has 4 aromatic rings. The van der Waals surface area contributed by atoms with Crippen LogP contribution in [0.2, 0.25) is 0 Å². The molecule has 0 spiro atoms. The second kappa shape index (κ2) is 9.71. The Balaban J connectivity index is 1.90. The average Bonchev–Trinajstić information content (AvgIpc) is 3.49. The summed E-state index contributed by atoms with van der Waals surface area (Å²) in [7, 11) is 0. The van der Waals surface area contributed by atoms with Crippen molar-refractivity contribution in [2.45, 2.75) is 13.8 Å². The van der Waals surface area contributed by atoms with Crippen LogP contribution < -0.4 is 0 Å². The molecule has 0 unspecified atom stereocenters. The third-order valence-corrected chi connectivity index (χ3v) is 5.91. The zero-order chi connectivity index (χ0) is 24.2. The molecular weight excluding hydrogens is 460 g/mol. The smallest absolute Gasteiger partial charge is 0.338 e. The molecule has 3 N–H and O–H groups in total. The van der Waals surface area contributed by atoms with E-state index in [0.29, 0.717) is 32.3 Å². The number of nitrogens with one attached hydrogen (secondary N) is 1. The van der Waals surface area contributed by atoms with Crippen molar-refractivity contribution in [2.75, 3.05) is 13.2 Å². The minimum absolute atomic E-state index is 0.121. The largest absolute Gasteiger partial charge is 0.508 e. The van der Waals surface area contributed by atoms with Crippen LogP contribution in [-0.4, -0.2) is 56.0 Å². The first kappa shape index (κ1) is 22.9. The minimum Gasteiger partial charge on any atom is -0.508 e. The maximum atomic E-state index is 12.3. The third kappa shape index (κ3) is 4.74. The summed E-state index contributed by atoms with van der Waals surface area (Å²) in [5.41, 5.74) is 2.02. The molecule has 10 nitrogen and oxygen atoms in total. The molecule has 0 saturated carbocycles. The van der Waals surface area contributed by atoms with E-state index in [1.807, 2.05) is 0 Å². The average molecular weight is 481 g/mol. The van der Waals surface area contributed by atoms with Gasteiger partial charge in [0.05, 0.1) is 29.2 Å². The van der Waals surface area contributed by atoms with Crippen LogP contribution in [-0.2, 0) is 9.47 Å². The minimum atomic E-state index is -0.572. The Morgan fingerprint density at radius 2 is 1.47 bits per heavy atom. The number of carbonyl (C=O) groups is 2. The zero-order valence-corrected chi connectivity index (χ0v) is 19.0. The van der Waals surface area contributed by atoms with Gasteiger partial charge in [0, 0.05) is 10.4 Å². The number of benzene rings is 2. The third-order valence-electron chi connectivity index (χ3n) is 4.73. The van der Waals surface area contributed by atoms with E-state index in [2.05, 4.69) is 20.6 Å². The Kier molecular flexibility index (Phi) is 6.55. The van der Waals surface area contributed by atoms with E-state index in [0.717, 1.165) is 0 Å². The maximum Gasteiger partial charge on any atom is 0.338 e. The number of phenols is 2. The van der Waals surface area contributed by atoms with Crippen LogP contribution in [0.1, 0.15) is 34.6 Å². The molecule has 4 rings (SSSR count). The number of aromatic hydroxyl groups is 2. The van der Waals surface area contributed by atoms with E-state index in [9.17, 15) is 19.8 Å². The summed E-state index contributed by atoms with van der Waals surface area (Å²) in [6.07, 6.45) is 0. The van der Waals surface area contributed by atoms with Gasteiger partial charge in [0.15, 0.2) is 0 Å². The number of hydrogen-bond donors (Lipinski definition) is 3. The van der Waals surface area contributed by atoms with E-state index in [1.165, 1.54) is 35.6 Å². The molecule has 0 radical (unpaired) electrons. The zero-order valence-electron chi connectivity index (χ0n) is 18.2. The van der Waals surface area contributed by atoms with Crippen LogP contribution in [0.4, 0.5) is 0 Å². The summed E-state index contributed by atoms with van der Waals surface area (Å²) in [5.74, 6) is -1.05. The maximum absolute atomic E-state index is 12.3. The number of tetrazole rings is 1. The molecule has 0 fully saturated rings. The van der Waals surface area contributed by atoms with Crippen molar-refractivity contribution < 1.29 is 29.3 Å². The number of esters is 2. The molecule has 0 aliphatic heterocycles. The lowest BCUT2D eigenvalue weighted by atomic mass is 9.98. The van der Waals surface area contributed by atoms with E-state index < -0.39 is 11.9 Å². The molecule has 0 aliphatic rings. The highest BCUT2D eigenvalue weighted by molar-refractivity contribution is 7.19. The molecule has 34 heavy (non-hydrogen) atoms. The number of thiophene rings is 1. The first-order valence-electron chi connectivity index (χ1n) is 10.3. The van der Waals surface area contributed by atoms with Gasteiger partial charge >= 0.3 is 11.9 Å². The highest BCUT2D eigenvalue weighted by Gasteiger charge is 2.20. The van der Waals surface area contributed by atoms with Crippen LogP contribution >= 0.6 is 11.3 Å². The Hall–Kier alpha value is -4.25. The second-order valence-electron chi connectivity index (χ2n) is 7.07. The predicted molar refractivity (Wildman–Crippen MR) is 124 cm³/mol. The van der Waals surface area contributed by atoms with Crippen molar-refractivity contribution in [3.8, 4) is 43.8 Å². The lowest BCUT2D eigenvalue weighted by Gasteiger charge is -2.10. The molecule has 2 heterocycles. The Labute approximate surface area is 197 Å². The highest BCUT2D eigenvalue weighted by Crippen LogP contribution is 2.44. The monoisotopic (exact) mass is 480 g/mol. The van der Waals surface area contributed by atoms with Gasteiger partial charge < -0.3 is 19.7 Å². The second-order valence-corrected chi connectivity index (χ2v) is 8.12. The number of nitrogens with zero attached hydrogens (tertiary/aromatic N) is 3. The molecule has 0 atom stereocenters. The number of rotatable bonds is 7. The van der Waals surface area contributed by atoms with Crippen molar-refractivity contribution in [2.24, 2.45) is 0 Å². The number of phenolic OH excluding ortho intramolecular Hbond substituents is 2. The summed E-state index contributed by atoms with van der Waals surface area (Å²) in [6.45, 7) is 3.77. The normalized spacial score (nSPS) is 10.8. The molecule has 0 bridgehead atoms. The topological polar surface area (TPSA) is 148 Å². The van der Waals surface area contributed by atoms with Crippen molar-refractivity contribution in [1.29, 1.82) is 0 Å². The summed E-state index contributed by atoms with van der Waals surface area (Å²) >= 11 is 1.29. The van der Waals surface area contributed by atoms with Gasteiger partial charge in [0.2, 0.25) is 5.82 Å². The van der Waals surface area contributed by atoms with Gasteiger partial charge in [-0.1, -0.05) is 0 Å². The van der Waals surface area contributed by atoms with Crippen LogP contribution in [0.5, 0.6) is 11.5 Å². The number of aromatic nitrogens is 4. The summed E-state index contributed by atoms with van der Waals surface area (Å²) in [5, 5.41) is 34.6. The highest BCUT2D eigenvalue weighted by atomic mass is 32.1. The van der Waals surface area contributed by atoms with E-state index in [1.54, 1.807) is 32.0 Å². The van der Waals surface area contributed by atoms with Crippen molar-refractivity contribution >= 4 is 23.3 Å². The van der Waals surface area contributed by atoms with Gasteiger partial charge in [0.25, 0.3) is 0 Å². The number of hydrogen-bond acceptors (Lipinski definition) is 10. The number of ether oxygens (including phenoxy) is 2. The quantitative estimate of drug-likeness (QED) is 0.333. The first-order valence-corrected chi connectivity index (χ1v) is 11.1. The Bertz CT molecular complexity index is 1260. The lowest BCUT2D eigenvalue weighted by Crippen LogP contribution is -2.05. The summed E-state index contributed by atoms with van der Waals surface area (Å²) in [6, 6.07) is 10.6. The summed E-state index contributed by atoms with van der Waals surface area (Å²) < 4.78 is 10.1. The van der Waals surface area contributed by atoms with Gasteiger partial charge in [-0.15, -0.1) is 21.5 Å². The van der Waals surface area contributed by atoms with E-state index in [4.69, 9.17) is 9.47 Å². The molecule has 0 amide bonds. The molecule has 11 heteroatoms. The number of carbonyl (C=O) groups excluding carboxylic acids is 2. The van der Waals surface area contributed by atoms with Crippen LogP contribution in [0.25, 0.3) is 32.3 Å². The van der Waals surface area contributed by atoms with Crippen LogP contribution in [0.3, 0.4) is 0 Å². The van der Waals surface area contributed by atoms with Crippen molar-refractivity contribution in [1.82, 2.24) is 20.6 Å². The Morgan fingerprint density at radius 3 is 2.03 bits per heavy atom. The fraction of sp³-hybridized carbons (Fsp3) is 0.174. The van der Waals surface area contributed by atoms with Crippen LogP contribution in [0, 0.1) is 0 Å². The molecule has 2 aromatic carbocycles. The number of H-pyrrole nitrogens is 1. The van der Waals surface area contributed by atoms with Crippen molar-refractivity contribution in [3.05, 3.63) is 53.6 Å². The fourth-order valence-corrected chi connectivity index (χ4v) is 4.47. The standard InChI is InChI=1S/C23H20N4O6S/c1-3-32-22(30)14-5-12(7-16(28)9-14)18-11-19(21-24-26-27-25-21)34-20(18)13-6-15(10-17(29)8-13)23(31)33-4-2/h5-11,28-29H,3-4H2,1-2H3,(H,24,25,26,27). The lowest BCUT2D eigenvalue weighted by molar-refractivity contribution is 0.0516. The van der Waals surface area contributed by atoms with Gasteiger partial charge in [0.1, 0.15) is 11.5 Å². The first-order chi connectivity index (χ1) is 16.4. The summed E-state index contributed by atoms with van der Waals surface area (Å²) in [4.78, 5) is 25.9. The number of aromatic amines is 1. The van der Waals surface area contributed by atoms with Gasteiger partial charge in [-0.25, -0.2) is 9.59 Å². The molecule has 0 saturated heterocycles. The van der Waals surface area contributed by atoms with Gasteiger partial charge in [-0.05, 0) is 72.7 Å². The molecular formula is C23H20N4O6S. The molecule has 0 aliphatic carbocycles. The molecule has 2 aromatic heterocycles. The Morgan fingerprint density at radius 1 is 0.882 bits per heavy atom. The van der Waals surface area contributed by atoms with E-state index >= 15 is 0 Å². The fourth-order valence-electron chi connectivity index (χ4n) is 3.37.